The highest BCUT2D eigenvalue weighted by Crippen LogP contribution is 2.19. The van der Waals surface area contributed by atoms with Crippen LogP contribution in [0.3, 0.4) is 0 Å². The molecule has 1 aromatic heterocycles. The zero-order chi connectivity index (χ0) is 15.6. The van der Waals surface area contributed by atoms with E-state index < -0.39 is 5.97 Å². The summed E-state index contributed by atoms with van der Waals surface area (Å²) in [4.78, 5) is 13.6. The van der Waals surface area contributed by atoms with Crippen molar-refractivity contribution >= 4 is 5.97 Å². The van der Waals surface area contributed by atoms with Crippen molar-refractivity contribution in [2.45, 2.75) is 52.3 Å². The maximum Gasteiger partial charge on any atom is 0.358 e. The highest BCUT2D eigenvalue weighted by molar-refractivity contribution is 5.86. The topological polar surface area (TPSA) is 80.5 Å². The fourth-order valence-electron chi connectivity index (χ4n) is 2.69. The minimum atomic E-state index is -1.03. The van der Waals surface area contributed by atoms with Crippen LogP contribution in [0.1, 0.15) is 49.8 Å². The number of carboxylic acids is 1. The second-order valence-corrected chi connectivity index (χ2v) is 6.05. The van der Waals surface area contributed by atoms with E-state index in [9.17, 15) is 9.90 Å². The second kappa shape index (κ2) is 6.53. The Morgan fingerprint density at radius 3 is 2.71 bits per heavy atom. The first-order valence-electron chi connectivity index (χ1n) is 7.42. The van der Waals surface area contributed by atoms with Gasteiger partial charge in [-0.05, 0) is 19.8 Å². The average molecular weight is 296 g/mol. The molecule has 7 heteroatoms. The van der Waals surface area contributed by atoms with Crippen LogP contribution in [0.2, 0.25) is 0 Å². The number of aromatic nitrogens is 3. The molecule has 2 rings (SSSR count). The molecule has 1 saturated heterocycles. The molecule has 1 aromatic rings. The SMILES string of the molecule is CC(C)c1c(C(=O)O)nnn1CC1CN(C(C)C)CCO1. The van der Waals surface area contributed by atoms with Gasteiger partial charge in [0.15, 0.2) is 5.69 Å². The Morgan fingerprint density at radius 2 is 2.14 bits per heavy atom. The number of nitrogens with zero attached hydrogens (tertiary/aromatic N) is 4. The Kier molecular flexibility index (Phi) is 4.95. The van der Waals surface area contributed by atoms with Crippen molar-refractivity contribution in [1.29, 1.82) is 0 Å². The largest absolute Gasteiger partial charge is 0.476 e. The lowest BCUT2D eigenvalue weighted by Crippen LogP contribution is -2.47. The molecule has 0 spiro atoms. The van der Waals surface area contributed by atoms with Gasteiger partial charge < -0.3 is 9.84 Å². The number of morpholine rings is 1. The smallest absolute Gasteiger partial charge is 0.358 e. The number of ether oxygens (including phenoxy) is 1. The van der Waals surface area contributed by atoms with Crippen LogP contribution in [0.5, 0.6) is 0 Å². The van der Waals surface area contributed by atoms with Crippen molar-refractivity contribution in [2.24, 2.45) is 0 Å². The summed E-state index contributed by atoms with van der Waals surface area (Å²) in [6.07, 6.45) is 0.0157. The number of aromatic carboxylic acids is 1. The predicted molar refractivity (Wildman–Crippen MR) is 77.5 cm³/mol. The van der Waals surface area contributed by atoms with Crippen LogP contribution in [-0.4, -0.2) is 62.8 Å². The summed E-state index contributed by atoms with van der Waals surface area (Å²) in [5, 5.41) is 17.0. The number of carboxylic acid groups (broad SMARTS) is 1. The quantitative estimate of drug-likeness (QED) is 0.879. The molecule has 7 nitrogen and oxygen atoms in total. The molecule has 21 heavy (non-hydrogen) atoms. The molecule has 1 aliphatic heterocycles. The molecule has 0 saturated carbocycles. The van der Waals surface area contributed by atoms with E-state index >= 15 is 0 Å². The van der Waals surface area contributed by atoms with E-state index in [0.29, 0.717) is 24.9 Å². The van der Waals surface area contributed by atoms with E-state index in [4.69, 9.17) is 4.74 Å². The van der Waals surface area contributed by atoms with E-state index in [1.54, 1.807) is 4.68 Å². The van der Waals surface area contributed by atoms with Gasteiger partial charge in [0.05, 0.1) is 24.9 Å². The van der Waals surface area contributed by atoms with Gasteiger partial charge in [0, 0.05) is 19.1 Å². The van der Waals surface area contributed by atoms with Crippen molar-refractivity contribution < 1.29 is 14.6 Å². The van der Waals surface area contributed by atoms with Crippen LogP contribution >= 0.6 is 0 Å². The molecule has 0 aromatic carbocycles. The van der Waals surface area contributed by atoms with Gasteiger partial charge >= 0.3 is 5.97 Å². The molecular weight excluding hydrogens is 272 g/mol. The first-order valence-corrected chi connectivity index (χ1v) is 7.42. The van der Waals surface area contributed by atoms with E-state index in [0.717, 1.165) is 13.1 Å². The molecule has 1 fully saturated rings. The fourth-order valence-corrected chi connectivity index (χ4v) is 2.69. The van der Waals surface area contributed by atoms with E-state index in [1.807, 2.05) is 13.8 Å². The highest BCUT2D eigenvalue weighted by Gasteiger charge is 2.26. The fraction of sp³-hybridized carbons (Fsp3) is 0.786. The standard InChI is InChI=1S/C14H24N4O3/c1-9(2)13-12(14(19)20)15-16-18(13)8-11-7-17(10(3)4)5-6-21-11/h9-11H,5-8H2,1-4H3,(H,19,20). The molecule has 1 aliphatic rings. The van der Waals surface area contributed by atoms with Crippen LogP contribution in [-0.2, 0) is 11.3 Å². The Morgan fingerprint density at radius 1 is 1.43 bits per heavy atom. The summed E-state index contributed by atoms with van der Waals surface area (Å²) in [6, 6.07) is 0.478. The lowest BCUT2D eigenvalue weighted by Gasteiger charge is -2.35. The third kappa shape index (κ3) is 3.59. The Labute approximate surface area is 124 Å². The van der Waals surface area contributed by atoms with Crippen LogP contribution in [0, 0.1) is 0 Å². The maximum absolute atomic E-state index is 11.2. The number of rotatable bonds is 5. The predicted octanol–water partition coefficient (Wildman–Crippen LogP) is 1.21. The van der Waals surface area contributed by atoms with E-state index in [2.05, 4.69) is 29.1 Å². The Bertz CT molecular complexity index is 498. The minimum absolute atomic E-state index is 0.0157. The first-order chi connectivity index (χ1) is 9.90. The third-order valence-corrected chi connectivity index (χ3v) is 3.80. The van der Waals surface area contributed by atoms with Gasteiger partial charge in [-0.2, -0.15) is 0 Å². The summed E-state index contributed by atoms with van der Waals surface area (Å²) in [5.41, 5.74) is 0.703. The molecule has 1 atom stereocenters. The molecule has 1 N–H and O–H groups in total. The van der Waals surface area contributed by atoms with Gasteiger partial charge in [-0.25, -0.2) is 9.48 Å². The van der Waals surface area contributed by atoms with E-state index in [1.165, 1.54) is 0 Å². The number of hydrogen-bond acceptors (Lipinski definition) is 5. The lowest BCUT2D eigenvalue weighted by atomic mass is 10.1. The third-order valence-electron chi connectivity index (χ3n) is 3.80. The summed E-state index contributed by atoms with van der Waals surface area (Å²) in [6.45, 7) is 11.2. The van der Waals surface area contributed by atoms with Crippen molar-refractivity contribution in [3.8, 4) is 0 Å². The molecule has 0 radical (unpaired) electrons. The number of hydrogen-bond donors (Lipinski definition) is 1. The van der Waals surface area contributed by atoms with E-state index in [-0.39, 0.29) is 17.7 Å². The second-order valence-electron chi connectivity index (χ2n) is 6.05. The molecule has 2 heterocycles. The zero-order valence-corrected chi connectivity index (χ0v) is 13.1. The molecular formula is C14H24N4O3. The maximum atomic E-state index is 11.2. The van der Waals surface area contributed by atoms with Gasteiger partial charge in [-0.15, -0.1) is 5.10 Å². The van der Waals surface area contributed by atoms with Crippen molar-refractivity contribution in [3.63, 3.8) is 0 Å². The van der Waals surface area contributed by atoms with Gasteiger partial charge in [-0.1, -0.05) is 19.1 Å². The molecule has 1 unspecified atom stereocenters. The van der Waals surface area contributed by atoms with Crippen LogP contribution < -0.4 is 0 Å². The van der Waals surface area contributed by atoms with Crippen LogP contribution in [0.4, 0.5) is 0 Å². The van der Waals surface area contributed by atoms with Crippen molar-refractivity contribution in [2.75, 3.05) is 19.7 Å². The van der Waals surface area contributed by atoms with Crippen molar-refractivity contribution in [3.05, 3.63) is 11.4 Å². The summed E-state index contributed by atoms with van der Waals surface area (Å²) < 4.78 is 7.47. The van der Waals surface area contributed by atoms with Gasteiger partial charge in [0.1, 0.15) is 0 Å². The van der Waals surface area contributed by atoms with Crippen LogP contribution in [0.25, 0.3) is 0 Å². The molecule has 0 aliphatic carbocycles. The average Bonchev–Trinajstić information content (AvgIpc) is 2.83. The zero-order valence-electron chi connectivity index (χ0n) is 13.1. The Hall–Kier alpha value is -1.47. The first kappa shape index (κ1) is 15.9. The Balaban J connectivity index is 2.14. The van der Waals surface area contributed by atoms with Gasteiger partial charge in [0.2, 0.25) is 0 Å². The van der Waals surface area contributed by atoms with Crippen molar-refractivity contribution in [1.82, 2.24) is 19.9 Å². The summed E-state index contributed by atoms with van der Waals surface area (Å²) in [7, 11) is 0. The summed E-state index contributed by atoms with van der Waals surface area (Å²) >= 11 is 0. The number of carbonyl (C=O) groups is 1. The lowest BCUT2D eigenvalue weighted by molar-refractivity contribution is -0.0475. The molecule has 0 bridgehead atoms. The summed E-state index contributed by atoms with van der Waals surface area (Å²) in [5.74, 6) is -0.978. The normalized spacial score (nSPS) is 20.4. The monoisotopic (exact) mass is 296 g/mol. The van der Waals surface area contributed by atoms with Gasteiger partial charge in [0.25, 0.3) is 0 Å². The highest BCUT2D eigenvalue weighted by atomic mass is 16.5. The minimum Gasteiger partial charge on any atom is -0.476 e. The molecule has 0 amide bonds. The molecule has 118 valence electrons. The van der Waals surface area contributed by atoms with Gasteiger partial charge in [-0.3, -0.25) is 4.90 Å². The van der Waals surface area contributed by atoms with Crippen LogP contribution in [0.15, 0.2) is 0 Å².